The van der Waals surface area contributed by atoms with Gasteiger partial charge in [0.1, 0.15) is 6.04 Å². The van der Waals surface area contributed by atoms with Gasteiger partial charge in [-0.25, -0.2) is 0 Å². The Bertz CT molecular complexity index is 763. The van der Waals surface area contributed by atoms with E-state index < -0.39 is 6.04 Å². The van der Waals surface area contributed by atoms with Crippen LogP contribution in [0.25, 0.3) is 0 Å². The van der Waals surface area contributed by atoms with Gasteiger partial charge >= 0.3 is 0 Å². The van der Waals surface area contributed by atoms with Crippen molar-refractivity contribution in [2.75, 3.05) is 5.32 Å². The summed E-state index contributed by atoms with van der Waals surface area (Å²) in [6, 6.07) is 5.55. The second-order valence-corrected chi connectivity index (χ2v) is 7.47. The third kappa shape index (κ3) is 3.07. The number of carbonyl (C=O) groups excluding carboxylic acids is 3. The average molecular weight is 356 g/mol. The number of hydrogen-bond acceptors (Lipinski definition) is 5. The molecule has 1 aromatic carbocycles. The number of imide groups is 1. The lowest BCUT2D eigenvalue weighted by atomic mass is 9.91. The number of hydrogen-bond donors (Lipinski definition) is 3. The molecule has 1 saturated heterocycles. The van der Waals surface area contributed by atoms with Crippen molar-refractivity contribution in [2.24, 2.45) is 5.73 Å². The van der Waals surface area contributed by atoms with Crippen LogP contribution < -0.4 is 16.4 Å². The highest BCUT2D eigenvalue weighted by Crippen LogP contribution is 2.30. The molecule has 0 aromatic heterocycles. The third-order valence-corrected chi connectivity index (χ3v) is 5.70. The molecule has 3 aliphatic rings. The van der Waals surface area contributed by atoms with Gasteiger partial charge in [0.25, 0.3) is 5.91 Å². The maximum atomic E-state index is 12.7. The van der Waals surface area contributed by atoms with Crippen molar-refractivity contribution in [3.8, 4) is 0 Å². The predicted molar refractivity (Wildman–Crippen MR) is 96.3 cm³/mol. The summed E-state index contributed by atoms with van der Waals surface area (Å²) in [4.78, 5) is 37.7. The largest absolute Gasteiger partial charge is 0.381 e. The summed E-state index contributed by atoms with van der Waals surface area (Å²) < 4.78 is 0. The fraction of sp³-hybridized carbons (Fsp3) is 0.526. The molecule has 7 heteroatoms. The molecule has 2 heterocycles. The van der Waals surface area contributed by atoms with Crippen molar-refractivity contribution in [1.82, 2.24) is 10.2 Å². The van der Waals surface area contributed by atoms with Crippen LogP contribution in [0.4, 0.5) is 5.69 Å². The van der Waals surface area contributed by atoms with Gasteiger partial charge in [0, 0.05) is 36.3 Å². The molecule has 26 heavy (non-hydrogen) atoms. The van der Waals surface area contributed by atoms with E-state index >= 15 is 0 Å². The normalized spacial score (nSPS) is 28.7. The number of nitrogens with one attached hydrogen (secondary N) is 2. The van der Waals surface area contributed by atoms with Gasteiger partial charge in [-0.05, 0) is 43.0 Å². The summed E-state index contributed by atoms with van der Waals surface area (Å²) in [6.45, 7) is 0.396. The zero-order chi connectivity index (χ0) is 18.3. The Morgan fingerprint density at radius 1 is 1.12 bits per heavy atom. The van der Waals surface area contributed by atoms with Crippen LogP contribution >= 0.6 is 0 Å². The van der Waals surface area contributed by atoms with Gasteiger partial charge in [-0.3, -0.25) is 19.7 Å². The van der Waals surface area contributed by atoms with E-state index in [1.54, 1.807) is 4.90 Å². The molecule has 1 saturated carbocycles. The van der Waals surface area contributed by atoms with E-state index in [1.165, 1.54) is 12.8 Å². The number of amides is 3. The zero-order valence-corrected chi connectivity index (χ0v) is 14.7. The molecule has 1 aromatic rings. The monoisotopic (exact) mass is 356 g/mol. The molecular weight excluding hydrogens is 332 g/mol. The maximum Gasteiger partial charge on any atom is 0.255 e. The van der Waals surface area contributed by atoms with Gasteiger partial charge in [-0.1, -0.05) is 12.8 Å². The summed E-state index contributed by atoms with van der Waals surface area (Å²) in [5.74, 6) is -0.796. The molecule has 3 atom stereocenters. The van der Waals surface area contributed by atoms with Crippen molar-refractivity contribution in [2.45, 2.75) is 63.2 Å². The van der Waals surface area contributed by atoms with E-state index in [-0.39, 0.29) is 36.2 Å². The van der Waals surface area contributed by atoms with E-state index in [1.807, 2.05) is 18.2 Å². The highest BCUT2D eigenvalue weighted by atomic mass is 16.2. The standard InChI is InChI=1S/C19H24N4O3/c20-14-3-1-2-4-15(14)21-12-5-6-13-11(9-12)10-23(19(13)26)16-7-8-17(24)22-18(16)25/h5-6,9,14-16,21H,1-4,7-8,10,20H2,(H,22,24,25). The lowest BCUT2D eigenvalue weighted by Gasteiger charge is -2.30. The first-order valence-electron chi connectivity index (χ1n) is 9.32. The van der Waals surface area contributed by atoms with E-state index in [4.69, 9.17) is 5.73 Å². The highest BCUT2D eigenvalue weighted by molar-refractivity contribution is 6.05. The van der Waals surface area contributed by atoms with Gasteiger partial charge in [-0.15, -0.1) is 0 Å². The fourth-order valence-corrected chi connectivity index (χ4v) is 4.22. The Labute approximate surface area is 152 Å². The number of fused-ring (bicyclic) bond motifs is 1. The van der Waals surface area contributed by atoms with E-state index in [0.717, 1.165) is 24.1 Å². The van der Waals surface area contributed by atoms with Crippen molar-refractivity contribution >= 4 is 23.4 Å². The molecule has 138 valence electrons. The van der Waals surface area contributed by atoms with Crippen molar-refractivity contribution < 1.29 is 14.4 Å². The second-order valence-electron chi connectivity index (χ2n) is 7.47. The Balaban J connectivity index is 1.49. The quantitative estimate of drug-likeness (QED) is 0.704. The van der Waals surface area contributed by atoms with Crippen LogP contribution in [0, 0.1) is 0 Å². The number of nitrogens with two attached hydrogens (primary N) is 1. The first-order chi connectivity index (χ1) is 12.5. The molecule has 0 bridgehead atoms. The Morgan fingerprint density at radius 2 is 1.92 bits per heavy atom. The summed E-state index contributed by atoms with van der Waals surface area (Å²) in [7, 11) is 0. The Hall–Kier alpha value is -2.41. The van der Waals surface area contributed by atoms with Gasteiger partial charge in [0.15, 0.2) is 0 Å². The molecule has 3 unspecified atom stereocenters. The Morgan fingerprint density at radius 3 is 2.69 bits per heavy atom. The molecule has 4 rings (SSSR count). The summed E-state index contributed by atoms with van der Waals surface area (Å²) in [6.07, 6.45) is 5.09. The number of rotatable bonds is 3. The van der Waals surface area contributed by atoms with Gasteiger partial charge < -0.3 is 16.0 Å². The smallest absolute Gasteiger partial charge is 0.255 e. The van der Waals surface area contributed by atoms with Crippen molar-refractivity contribution in [1.29, 1.82) is 0 Å². The van der Waals surface area contributed by atoms with Crippen LogP contribution in [-0.4, -0.2) is 40.7 Å². The van der Waals surface area contributed by atoms with Crippen LogP contribution in [0.3, 0.4) is 0 Å². The minimum atomic E-state index is -0.573. The molecule has 2 aliphatic heterocycles. The van der Waals surface area contributed by atoms with Gasteiger partial charge in [0.05, 0.1) is 0 Å². The molecular formula is C19H24N4O3. The van der Waals surface area contributed by atoms with E-state index in [2.05, 4.69) is 10.6 Å². The fourth-order valence-electron chi connectivity index (χ4n) is 4.22. The topological polar surface area (TPSA) is 105 Å². The molecule has 1 aliphatic carbocycles. The summed E-state index contributed by atoms with van der Waals surface area (Å²) >= 11 is 0. The first kappa shape index (κ1) is 17.0. The van der Waals surface area contributed by atoms with Crippen LogP contribution in [-0.2, 0) is 16.1 Å². The molecule has 7 nitrogen and oxygen atoms in total. The van der Waals surface area contributed by atoms with Crippen LogP contribution in [0.1, 0.15) is 54.4 Å². The SMILES string of the molecule is NC1CCCCC1Nc1ccc2c(c1)CN(C1CCC(=O)NC1=O)C2=O. The molecule has 3 amide bonds. The average Bonchev–Trinajstić information content (AvgIpc) is 2.93. The zero-order valence-electron chi connectivity index (χ0n) is 14.7. The minimum absolute atomic E-state index is 0.143. The molecule has 4 N–H and O–H groups in total. The van der Waals surface area contributed by atoms with Crippen molar-refractivity contribution in [3.63, 3.8) is 0 Å². The lowest BCUT2D eigenvalue weighted by Crippen LogP contribution is -2.52. The second kappa shape index (κ2) is 6.72. The molecule has 0 spiro atoms. The number of piperidine rings is 1. The Kier molecular flexibility index (Phi) is 4.40. The van der Waals surface area contributed by atoms with Crippen molar-refractivity contribution in [3.05, 3.63) is 29.3 Å². The summed E-state index contributed by atoms with van der Waals surface area (Å²) in [5, 5.41) is 5.83. The van der Waals surface area contributed by atoms with Crippen LogP contribution in [0.5, 0.6) is 0 Å². The highest BCUT2D eigenvalue weighted by Gasteiger charge is 2.39. The number of nitrogens with zero attached hydrogens (tertiary/aromatic N) is 1. The number of anilines is 1. The van der Waals surface area contributed by atoms with E-state index in [0.29, 0.717) is 18.5 Å². The van der Waals surface area contributed by atoms with Crippen LogP contribution in [0.15, 0.2) is 18.2 Å². The first-order valence-corrected chi connectivity index (χ1v) is 9.32. The van der Waals surface area contributed by atoms with E-state index in [9.17, 15) is 14.4 Å². The molecule has 2 fully saturated rings. The number of carbonyl (C=O) groups is 3. The molecule has 0 radical (unpaired) electrons. The van der Waals surface area contributed by atoms with Gasteiger partial charge in [-0.2, -0.15) is 0 Å². The van der Waals surface area contributed by atoms with Gasteiger partial charge in [0.2, 0.25) is 11.8 Å². The lowest BCUT2D eigenvalue weighted by molar-refractivity contribution is -0.136. The predicted octanol–water partition coefficient (Wildman–Crippen LogP) is 1.13. The van der Waals surface area contributed by atoms with Crippen LogP contribution in [0.2, 0.25) is 0 Å². The third-order valence-electron chi connectivity index (χ3n) is 5.70. The summed E-state index contributed by atoms with van der Waals surface area (Å²) in [5.41, 5.74) is 8.72. The maximum absolute atomic E-state index is 12.7. The number of benzene rings is 1. The minimum Gasteiger partial charge on any atom is -0.381 e.